The van der Waals surface area contributed by atoms with E-state index in [1.54, 1.807) is 17.1 Å². The zero-order valence-corrected chi connectivity index (χ0v) is 14.4. The molecule has 0 aliphatic carbocycles. The summed E-state index contributed by atoms with van der Waals surface area (Å²) in [5.41, 5.74) is 3.39. The first kappa shape index (κ1) is 16.0. The molecular weight excluding hydrogens is 324 g/mol. The fourth-order valence-corrected chi connectivity index (χ4v) is 3.08. The van der Waals surface area contributed by atoms with Gasteiger partial charge in [-0.05, 0) is 28.5 Å². The predicted octanol–water partition coefficient (Wildman–Crippen LogP) is 3.57. The molecule has 1 amide bonds. The van der Waals surface area contributed by atoms with Crippen molar-refractivity contribution < 1.29 is 4.79 Å². The van der Waals surface area contributed by atoms with Gasteiger partial charge in [0.05, 0.1) is 11.9 Å². The van der Waals surface area contributed by atoms with Crippen LogP contribution in [0.5, 0.6) is 0 Å². The summed E-state index contributed by atoms with van der Waals surface area (Å²) in [5.74, 6) is -0.0946. The van der Waals surface area contributed by atoms with Crippen LogP contribution in [0.15, 0.2) is 73.2 Å². The minimum Gasteiger partial charge on any atom is -0.348 e. The zero-order valence-electron chi connectivity index (χ0n) is 14.4. The van der Waals surface area contributed by atoms with Crippen molar-refractivity contribution in [2.24, 2.45) is 7.05 Å². The van der Waals surface area contributed by atoms with Gasteiger partial charge >= 0.3 is 0 Å². The van der Waals surface area contributed by atoms with E-state index in [0.717, 1.165) is 27.6 Å². The van der Waals surface area contributed by atoms with E-state index in [4.69, 9.17) is 0 Å². The lowest BCUT2D eigenvalue weighted by molar-refractivity contribution is 0.0952. The normalized spacial score (nSPS) is 10.8. The highest BCUT2D eigenvalue weighted by Gasteiger charge is 2.12. The molecule has 2 aromatic carbocycles. The molecule has 0 aliphatic heterocycles. The van der Waals surface area contributed by atoms with Gasteiger partial charge in [-0.25, -0.2) is 0 Å². The number of fused-ring (bicyclic) bond motifs is 1. The fourth-order valence-electron chi connectivity index (χ4n) is 3.08. The molecule has 2 heterocycles. The van der Waals surface area contributed by atoms with Gasteiger partial charge in [0.1, 0.15) is 0 Å². The van der Waals surface area contributed by atoms with Gasteiger partial charge in [-0.1, -0.05) is 42.5 Å². The smallest absolute Gasteiger partial charge is 0.252 e. The molecule has 0 fully saturated rings. The summed E-state index contributed by atoms with van der Waals surface area (Å²) in [6, 6.07) is 17.5. The van der Waals surface area contributed by atoms with Gasteiger partial charge in [-0.15, -0.1) is 0 Å². The topological polar surface area (TPSA) is 59.8 Å². The van der Waals surface area contributed by atoms with E-state index < -0.39 is 0 Å². The van der Waals surface area contributed by atoms with Gasteiger partial charge in [0.2, 0.25) is 0 Å². The average molecular weight is 342 g/mol. The van der Waals surface area contributed by atoms with Gasteiger partial charge in [-0.3, -0.25) is 14.5 Å². The Balaban J connectivity index is 1.59. The Labute approximate surface area is 151 Å². The van der Waals surface area contributed by atoms with E-state index in [1.807, 2.05) is 67.8 Å². The second-order valence-corrected chi connectivity index (χ2v) is 6.12. The highest BCUT2D eigenvalue weighted by atomic mass is 16.1. The lowest BCUT2D eigenvalue weighted by Gasteiger charge is -2.10. The first-order valence-corrected chi connectivity index (χ1v) is 8.41. The van der Waals surface area contributed by atoms with Gasteiger partial charge in [0.15, 0.2) is 0 Å². The molecule has 4 rings (SSSR count). The molecule has 0 bridgehead atoms. The maximum absolute atomic E-state index is 12.7. The van der Waals surface area contributed by atoms with Crippen molar-refractivity contribution in [3.63, 3.8) is 0 Å². The number of nitrogens with zero attached hydrogens (tertiary/aromatic N) is 3. The molecule has 128 valence electrons. The molecular formula is C21H18N4O. The van der Waals surface area contributed by atoms with E-state index in [0.29, 0.717) is 12.1 Å². The summed E-state index contributed by atoms with van der Waals surface area (Å²) in [6.45, 7) is 0.403. The molecule has 0 saturated carbocycles. The summed E-state index contributed by atoms with van der Waals surface area (Å²) in [5, 5.41) is 9.22. The largest absolute Gasteiger partial charge is 0.348 e. The summed E-state index contributed by atoms with van der Waals surface area (Å²) < 4.78 is 1.74. The lowest BCUT2D eigenvalue weighted by Crippen LogP contribution is -2.23. The van der Waals surface area contributed by atoms with Crippen LogP contribution in [0.1, 0.15) is 15.9 Å². The van der Waals surface area contributed by atoms with Crippen LogP contribution in [-0.2, 0) is 13.6 Å². The molecule has 0 radical (unpaired) electrons. The predicted molar refractivity (Wildman–Crippen MR) is 102 cm³/mol. The van der Waals surface area contributed by atoms with E-state index in [-0.39, 0.29) is 5.91 Å². The minimum absolute atomic E-state index is 0.0946. The number of hydrogen-bond donors (Lipinski definition) is 1. The van der Waals surface area contributed by atoms with Crippen molar-refractivity contribution in [1.29, 1.82) is 0 Å². The number of pyridine rings is 1. The summed E-state index contributed by atoms with van der Waals surface area (Å²) in [4.78, 5) is 17.2. The number of benzene rings is 2. The second-order valence-electron chi connectivity index (χ2n) is 6.12. The number of carbonyl (C=O) groups is 1. The SMILES string of the molecule is Cn1cc(-c2ncccc2CNC(=O)c2cccc3ccccc23)cn1. The molecule has 2 aromatic heterocycles. The molecule has 1 N–H and O–H groups in total. The van der Waals surface area contributed by atoms with Crippen LogP contribution in [0, 0.1) is 0 Å². The maximum atomic E-state index is 12.7. The van der Waals surface area contributed by atoms with E-state index >= 15 is 0 Å². The third-order valence-electron chi connectivity index (χ3n) is 4.34. The van der Waals surface area contributed by atoms with Crippen LogP contribution in [0.2, 0.25) is 0 Å². The third-order valence-corrected chi connectivity index (χ3v) is 4.34. The van der Waals surface area contributed by atoms with Gasteiger partial charge < -0.3 is 5.32 Å². The summed E-state index contributed by atoms with van der Waals surface area (Å²) >= 11 is 0. The van der Waals surface area contributed by atoms with Gasteiger partial charge in [-0.2, -0.15) is 5.10 Å². The van der Waals surface area contributed by atoms with E-state index in [9.17, 15) is 4.79 Å². The van der Waals surface area contributed by atoms with Crippen LogP contribution in [-0.4, -0.2) is 20.7 Å². The molecule has 0 aliphatic rings. The van der Waals surface area contributed by atoms with Crippen LogP contribution in [0.25, 0.3) is 22.0 Å². The number of aromatic nitrogens is 3. The van der Waals surface area contributed by atoms with Crippen molar-refractivity contribution >= 4 is 16.7 Å². The first-order valence-electron chi connectivity index (χ1n) is 8.41. The lowest BCUT2D eigenvalue weighted by atomic mass is 10.0. The quantitative estimate of drug-likeness (QED) is 0.617. The Bertz CT molecular complexity index is 1080. The maximum Gasteiger partial charge on any atom is 0.252 e. The van der Waals surface area contributed by atoms with E-state index in [2.05, 4.69) is 15.4 Å². The first-order chi connectivity index (χ1) is 12.7. The minimum atomic E-state index is -0.0946. The Morgan fingerprint density at radius 1 is 1.08 bits per heavy atom. The van der Waals surface area contributed by atoms with Crippen LogP contribution in [0.3, 0.4) is 0 Å². The van der Waals surface area contributed by atoms with Crippen molar-refractivity contribution in [2.45, 2.75) is 6.54 Å². The van der Waals surface area contributed by atoms with Crippen LogP contribution >= 0.6 is 0 Å². The van der Waals surface area contributed by atoms with Crippen molar-refractivity contribution in [2.75, 3.05) is 0 Å². The number of hydrogen-bond acceptors (Lipinski definition) is 3. The standard InChI is InChI=1S/C21H18N4O/c1-25-14-17(13-24-25)20-16(8-5-11-22-20)12-23-21(26)19-10-4-7-15-6-2-3-9-18(15)19/h2-11,13-14H,12H2,1H3,(H,23,26). The summed E-state index contributed by atoms with van der Waals surface area (Å²) in [6.07, 6.45) is 5.44. The number of rotatable bonds is 4. The molecule has 0 atom stereocenters. The molecule has 5 heteroatoms. The Kier molecular flexibility index (Phi) is 4.19. The number of carbonyl (C=O) groups excluding carboxylic acids is 1. The fraction of sp³-hybridized carbons (Fsp3) is 0.0952. The van der Waals surface area contributed by atoms with E-state index in [1.165, 1.54) is 0 Å². The molecule has 26 heavy (non-hydrogen) atoms. The van der Waals surface area contributed by atoms with Crippen LogP contribution in [0.4, 0.5) is 0 Å². The van der Waals surface area contributed by atoms with Crippen molar-refractivity contribution in [1.82, 2.24) is 20.1 Å². The zero-order chi connectivity index (χ0) is 17.9. The monoisotopic (exact) mass is 342 g/mol. The third kappa shape index (κ3) is 3.07. The van der Waals surface area contributed by atoms with Gasteiger partial charge in [0.25, 0.3) is 5.91 Å². The Hall–Kier alpha value is -3.47. The second kappa shape index (κ2) is 6.80. The highest BCUT2D eigenvalue weighted by Crippen LogP contribution is 2.21. The Morgan fingerprint density at radius 2 is 1.92 bits per heavy atom. The molecule has 0 saturated heterocycles. The van der Waals surface area contributed by atoms with Gasteiger partial charge in [0, 0.05) is 37.1 Å². The molecule has 4 aromatic rings. The average Bonchev–Trinajstić information content (AvgIpc) is 3.12. The molecule has 0 spiro atoms. The number of amides is 1. The van der Waals surface area contributed by atoms with Crippen molar-refractivity contribution in [3.8, 4) is 11.3 Å². The molecule has 0 unspecified atom stereocenters. The Morgan fingerprint density at radius 3 is 2.77 bits per heavy atom. The highest BCUT2D eigenvalue weighted by molar-refractivity contribution is 6.07. The van der Waals surface area contributed by atoms with Crippen LogP contribution < -0.4 is 5.32 Å². The number of nitrogens with one attached hydrogen (secondary N) is 1. The molecule has 5 nitrogen and oxygen atoms in total. The summed E-state index contributed by atoms with van der Waals surface area (Å²) in [7, 11) is 1.87. The number of aryl methyl sites for hydroxylation is 1. The van der Waals surface area contributed by atoms with Crippen molar-refractivity contribution in [3.05, 3.63) is 84.3 Å².